The van der Waals surface area contributed by atoms with E-state index in [0.29, 0.717) is 51.1 Å². The van der Waals surface area contributed by atoms with E-state index in [9.17, 15) is 26.4 Å². The molecule has 6 nitrogen and oxygen atoms in total. The third kappa shape index (κ3) is 6.48. The third-order valence-corrected chi connectivity index (χ3v) is 8.41. The first-order valence-corrected chi connectivity index (χ1v) is 13.0. The molecule has 1 aromatic rings. The number of likely N-dealkylation sites (tertiary alicyclic amines) is 1. The van der Waals surface area contributed by atoms with Crippen molar-refractivity contribution in [1.82, 2.24) is 14.5 Å². The van der Waals surface area contributed by atoms with Crippen molar-refractivity contribution in [2.45, 2.75) is 81.6 Å². The number of rotatable bonds is 9. The highest BCUT2D eigenvalue weighted by molar-refractivity contribution is 7.89. The molecule has 1 atom stereocenters. The van der Waals surface area contributed by atoms with Gasteiger partial charge in [-0.05, 0) is 63.3 Å². The maximum atomic E-state index is 13.4. The lowest BCUT2D eigenvalue weighted by Crippen LogP contribution is -2.50. The maximum absolute atomic E-state index is 13.4. The summed E-state index contributed by atoms with van der Waals surface area (Å²) in [5, 5.41) is 3.19. The highest BCUT2D eigenvalue weighted by Gasteiger charge is 2.44. The van der Waals surface area contributed by atoms with Gasteiger partial charge in [0.05, 0.1) is 10.5 Å². The molecule has 33 heavy (non-hydrogen) atoms. The minimum atomic E-state index is -4.61. The van der Waals surface area contributed by atoms with E-state index in [4.69, 9.17) is 0 Å². The Balaban J connectivity index is 1.69. The van der Waals surface area contributed by atoms with Crippen LogP contribution in [0, 0.1) is 5.92 Å². The minimum absolute atomic E-state index is 0.0483. The van der Waals surface area contributed by atoms with E-state index in [1.54, 1.807) is 4.90 Å². The number of amides is 1. The smallest absolute Gasteiger partial charge is 0.343 e. The Kier molecular flexibility index (Phi) is 8.11. The molecule has 0 aromatic heterocycles. The molecular weight excluding hydrogens is 455 g/mol. The van der Waals surface area contributed by atoms with Crippen LogP contribution in [0.2, 0.25) is 0 Å². The minimum Gasteiger partial charge on any atom is -0.343 e. The lowest BCUT2D eigenvalue weighted by Gasteiger charge is -2.38. The number of hydrogen-bond donors (Lipinski definition) is 1. The third-order valence-electron chi connectivity index (χ3n) is 6.41. The number of nitrogens with zero attached hydrogens (tertiary/aromatic N) is 2. The summed E-state index contributed by atoms with van der Waals surface area (Å²) in [5.41, 5.74) is -0.972. The van der Waals surface area contributed by atoms with Crippen LogP contribution in [0.1, 0.15) is 57.9 Å². The summed E-state index contributed by atoms with van der Waals surface area (Å²) in [6.45, 7) is 5.11. The standard InChI is InChI=1S/C23H34F3N3O3S/c1-16(2)13-18(27-3)15-22(30)28-11-9-20(10-12-28)29(19-7-8-19)33(31,32)21-6-4-5-17(14-21)23(24,25)26/h4-6,14,16,18-20,27H,7-13,15H2,1-3H3/t18-/m0/s1. The summed E-state index contributed by atoms with van der Waals surface area (Å²) in [7, 11) is -2.23. The van der Waals surface area contributed by atoms with Gasteiger partial charge in [-0.25, -0.2) is 8.42 Å². The average molecular weight is 490 g/mol. The van der Waals surface area contributed by atoms with E-state index < -0.39 is 21.8 Å². The molecule has 0 radical (unpaired) electrons. The Hall–Kier alpha value is -1.65. The van der Waals surface area contributed by atoms with Gasteiger partial charge in [-0.1, -0.05) is 19.9 Å². The Bertz CT molecular complexity index is 924. The van der Waals surface area contributed by atoms with Crippen molar-refractivity contribution in [3.63, 3.8) is 0 Å². The summed E-state index contributed by atoms with van der Waals surface area (Å²) in [5.74, 6) is 0.515. The first-order chi connectivity index (χ1) is 15.4. The number of alkyl halides is 3. The van der Waals surface area contributed by atoms with Crippen molar-refractivity contribution >= 4 is 15.9 Å². The van der Waals surface area contributed by atoms with Gasteiger partial charge in [0.1, 0.15) is 0 Å². The predicted molar refractivity (Wildman–Crippen MR) is 120 cm³/mol. The zero-order chi connectivity index (χ0) is 24.4. The number of carbonyl (C=O) groups excluding carboxylic acids is 1. The molecule has 1 aliphatic heterocycles. The number of sulfonamides is 1. The fraction of sp³-hybridized carbons (Fsp3) is 0.696. The van der Waals surface area contributed by atoms with Gasteiger partial charge in [-0.3, -0.25) is 4.79 Å². The highest BCUT2D eigenvalue weighted by Crippen LogP contribution is 2.38. The SMILES string of the molecule is CN[C@H](CC(=O)N1CCC(N(C2CC2)S(=O)(=O)c2cccc(C(F)(F)F)c2)CC1)CC(C)C. The second-order valence-electron chi connectivity index (χ2n) is 9.52. The van der Waals surface area contributed by atoms with Gasteiger partial charge >= 0.3 is 6.18 Å². The number of carbonyl (C=O) groups is 1. The Morgan fingerprint density at radius 1 is 1.15 bits per heavy atom. The van der Waals surface area contributed by atoms with Crippen LogP contribution in [0.25, 0.3) is 0 Å². The van der Waals surface area contributed by atoms with Crippen molar-refractivity contribution in [2.24, 2.45) is 5.92 Å². The molecule has 10 heteroatoms. The molecular formula is C23H34F3N3O3S. The number of piperidine rings is 1. The van der Waals surface area contributed by atoms with Crippen LogP contribution in [0.15, 0.2) is 29.2 Å². The molecule has 1 heterocycles. The zero-order valence-corrected chi connectivity index (χ0v) is 20.3. The summed E-state index contributed by atoms with van der Waals surface area (Å²) < 4.78 is 67.6. The molecule has 0 spiro atoms. The molecule has 1 amide bonds. The van der Waals surface area contributed by atoms with E-state index in [1.807, 2.05) is 7.05 Å². The molecule has 3 rings (SSSR count). The Morgan fingerprint density at radius 3 is 2.27 bits per heavy atom. The summed E-state index contributed by atoms with van der Waals surface area (Å²) in [4.78, 5) is 14.2. The van der Waals surface area contributed by atoms with E-state index in [2.05, 4.69) is 19.2 Å². The first kappa shape index (κ1) is 26.0. The average Bonchev–Trinajstić information content (AvgIpc) is 3.57. The number of halogens is 3. The van der Waals surface area contributed by atoms with Crippen LogP contribution in [0.5, 0.6) is 0 Å². The monoisotopic (exact) mass is 489 g/mol. The summed E-state index contributed by atoms with van der Waals surface area (Å²) >= 11 is 0. The van der Waals surface area contributed by atoms with E-state index in [-0.39, 0.29) is 28.9 Å². The fourth-order valence-electron chi connectivity index (χ4n) is 4.56. The van der Waals surface area contributed by atoms with Crippen molar-refractivity contribution < 1.29 is 26.4 Å². The number of nitrogens with one attached hydrogen (secondary N) is 1. The van der Waals surface area contributed by atoms with Gasteiger partial charge in [-0.15, -0.1) is 0 Å². The quantitative estimate of drug-likeness (QED) is 0.572. The van der Waals surface area contributed by atoms with Crippen LogP contribution in [-0.4, -0.2) is 61.8 Å². The molecule has 1 aromatic carbocycles. The van der Waals surface area contributed by atoms with Gasteiger partial charge in [0.2, 0.25) is 15.9 Å². The van der Waals surface area contributed by atoms with Gasteiger partial charge in [0, 0.05) is 37.6 Å². The van der Waals surface area contributed by atoms with Gasteiger partial charge in [0.15, 0.2) is 0 Å². The van der Waals surface area contributed by atoms with Gasteiger partial charge in [0.25, 0.3) is 0 Å². The van der Waals surface area contributed by atoms with Crippen molar-refractivity contribution in [1.29, 1.82) is 0 Å². The van der Waals surface area contributed by atoms with Crippen LogP contribution in [0.3, 0.4) is 0 Å². The molecule has 0 unspecified atom stereocenters. The Labute approximate surface area is 194 Å². The largest absolute Gasteiger partial charge is 0.416 e. The van der Waals surface area contributed by atoms with Crippen LogP contribution in [0.4, 0.5) is 13.2 Å². The number of benzene rings is 1. The van der Waals surface area contributed by atoms with E-state index in [1.165, 1.54) is 10.4 Å². The highest BCUT2D eigenvalue weighted by atomic mass is 32.2. The predicted octanol–water partition coefficient (Wildman–Crippen LogP) is 3.87. The van der Waals surface area contributed by atoms with Crippen molar-refractivity contribution in [3.8, 4) is 0 Å². The van der Waals surface area contributed by atoms with Crippen LogP contribution >= 0.6 is 0 Å². The lowest BCUT2D eigenvalue weighted by molar-refractivity contribution is -0.137. The fourth-order valence-corrected chi connectivity index (χ4v) is 6.53. The number of hydrogen-bond acceptors (Lipinski definition) is 4. The molecule has 186 valence electrons. The van der Waals surface area contributed by atoms with Crippen molar-refractivity contribution in [2.75, 3.05) is 20.1 Å². The topological polar surface area (TPSA) is 69.7 Å². The lowest BCUT2D eigenvalue weighted by atomic mass is 9.99. The molecule has 2 fully saturated rings. The van der Waals surface area contributed by atoms with Gasteiger partial charge in [-0.2, -0.15) is 17.5 Å². The molecule has 1 N–H and O–H groups in total. The first-order valence-electron chi connectivity index (χ1n) is 11.6. The van der Waals surface area contributed by atoms with Crippen LogP contribution < -0.4 is 5.32 Å². The summed E-state index contributed by atoms with van der Waals surface area (Å²) in [6.07, 6.45) is -0.948. The normalized spacial score (nSPS) is 19.3. The Morgan fingerprint density at radius 2 is 1.76 bits per heavy atom. The molecule has 2 aliphatic rings. The maximum Gasteiger partial charge on any atom is 0.416 e. The van der Waals surface area contributed by atoms with Gasteiger partial charge < -0.3 is 10.2 Å². The molecule has 1 saturated heterocycles. The molecule has 1 saturated carbocycles. The molecule has 0 bridgehead atoms. The van der Waals surface area contributed by atoms with E-state index >= 15 is 0 Å². The van der Waals surface area contributed by atoms with Crippen molar-refractivity contribution in [3.05, 3.63) is 29.8 Å². The zero-order valence-electron chi connectivity index (χ0n) is 19.4. The van der Waals surface area contributed by atoms with E-state index in [0.717, 1.165) is 24.6 Å². The second kappa shape index (κ2) is 10.3. The molecule has 1 aliphatic carbocycles. The summed E-state index contributed by atoms with van der Waals surface area (Å²) in [6, 6.07) is 3.55. The second-order valence-corrected chi connectivity index (χ2v) is 11.4. The van der Waals surface area contributed by atoms with Crippen LogP contribution in [-0.2, 0) is 21.0 Å².